The number of hydrogen-bond donors (Lipinski definition) is 2. The van der Waals surface area contributed by atoms with Crippen LogP contribution < -0.4 is 11.1 Å². The van der Waals surface area contributed by atoms with Crippen LogP contribution in [0, 0.1) is 5.41 Å². The molecule has 0 spiro atoms. The van der Waals surface area contributed by atoms with Gasteiger partial charge in [0.1, 0.15) is 0 Å². The standard InChI is InChI=1S/C13H19N3O2/c1-9(10-3-5-15-6-4-10)16-12(17)13(2)8-18-7-11(13)14/h3-6,9,11H,7-8,14H2,1-2H3,(H,16,17)/t9-,11?,13?/m1/s1. The van der Waals surface area contributed by atoms with Gasteiger partial charge in [0.15, 0.2) is 0 Å². The van der Waals surface area contributed by atoms with Crippen LogP contribution in [0.5, 0.6) is 0 Å². The van der Waals surface area contributed by atoms with Gasteiger partial charge >= 0.3 is 0 Å². The molecule has 5 heteroatoms. The first-order chi connectivity index (χ1) is 8.54. The number of amides is 1. The maximum atomic E-state index is 12.3. The third-order valence-electron chi connectivity index (χ3n) is 3.59. The van der Waals surface area contributed by atoms with E-state index in [0.717, 1.165) is 5.56 Å². The number of nitrogens with one attached hydrogen (secondary N) is 1. The van der Waals surface area contributed by atoms with E-state index in [4.69, 9.17) is 10.5 Å². The highest BCUT2D eigenvalue weighted by Crippen LogP contribution is 2.28. The molecular weight excluding hydrogens is 230 g/mol. The van der Waals surface area contributed by atoms with Crippen molar-refractivity contribution in [2.75, 3.05) is 13.2 Å². The van der Waals surface area contributed by atoms with Gasteiger partial charge in [-0.1, -0.05) is 0 Å². The molecule has 5 nitrogen and oxygen atoms in total. The average molecular weight is 249 g/mol. The summed E-state index contributed by atoms with van der Waals surface area (Å²) >= 11 is 0. The van der Waals surface area contributed by atoms with Crippen molar-refractivity contribution in [2.45, 2.75) is 25.9 Å². The maximum absolute atomic E-state index is 12.3. The first-order valence-electron chi connectivity index (χ1n) is 6.08. The SMILES string of the molecule is C[C@@H](NC(=O)C1(C)COCC1N)c1ccncc1. The van der Waals surface area contributed by atoms with Gasteiger partial charge in [0.2, 0.25) is 5.91 Å². The number of aromatic nitrogens is 1. The molecule has 2 rings (SSSR count). The Hall–Kier alpha value is -1.46. The van der Waals surface area contributed by atoms with E-state index in [9.17, 15) is 4.79 Å². The van der Waals surface area contributed by atoms with Gasteiger partial charge in [-0.3, -0.25) is 9.78 Å². The van der Waals surface area contributed by atoms with Crippen molar-refractivity contribution >= 4 is 5.91 Å². The number of carbonyl (C=O) groups excluding carboxylic acids is 1. The highest BCUT2D eigenvalue weighted by atomic mass is 16.5. The molecule has 1 fully saturated rings. The number of pyridine rings is 1. The summed E-state index contributed by atoms with van der Waals surface area (Å²) in [5.41, 5.74) is 6.32. The summed E-state index contributed by atoms with van der Waals surface area (Å²) in [6.07, 6.45) is 3.42. The number of ether oxygens (including phenoxy) is 1. The molecule has 1 aromatic heterocycles. The molecule has 1 aliphatic heterocycles. The third kappa shape index (κ3) is 2.37. The lowest BCUT2D eigenvalue weighted by molar-refractivity contribution is -0.131. The molecule has 3 N–H and O–H groups in total. The molecule has 0 bridgehead atoms. The molecule has 1 aliphatic rings. The lowest BCUT2D eigenvalue weighted by atomic mass is 9.84. The number of nitrogens with zero attached hydrogens (tertiary/aromatic N) is 1. The van der Waals surface area contributed by atoms with Crippen LogP contribution in [0.2, 0.25) is 0 Å². The smallest absolute Gasteiger partial charge is 0.230 e. The zero-order chi connectivity index (χ0) is 13.2. The number of hydrogen-bond acceptors (Lipinski definition) is 4. The van der Waals surface area contributed by atoms with Gasteiger partial charge in [0.25, 0.3) is 0 Å². The zero-order valence-electron chi connectivity index (χ0n) is 10.7. The van der Waals surface area contributed by atoms with Crippen LogP contribution in [0.3, 0.4) is 0 Å². The van der Waals surface area contributed by atoms with Crippen LogP contribution in [0.4, 0.5) is 0 Å². The summed E-state index contributed by atoms with van der Waals surface area (Å²) in [6, 6.07) is 3.46. The van der Waals surface area contributed by atoms with Crippen molar-refractivity contribution in [3.05, 3.63) is 30.1 Å². The molecule has 18 heavy (non-hydrogen) atoms. The normalized spacial score (nSPS) is 28.9. The predicted octanol–water partition coefficient (Wildman–Crippen LogP) is 0.623. The first kappa shape index (κ1) is 13.0. The van der Waals surface area contributed by atoms with E-state index >= 15 is 0 Å². The van der Waals surface area contributed by atoms with Crippen molar-refractivity contribution < 1.29 is 9.53 Å². The quantitative estimate of drug-likeness (QED) is 0.823. The van der Waals surface area contributed by atoms with Crippen LogP contribution in [0.15, 0.2) is 24.5 Å². The monoisotopic (exact) mass is 249 g/mol. The Balaban J connectivity index is 2.04. The number of carbonyl (C=O) groups is 1. The van der Waals surface area contributed by atoms with Gasteiger partial charge in [0, 0.05) is 18.4 Å². The van der Waals surface area contributed by atoms with Gasteiger partial charge < -0.3 is 15.8 Å². The van der Waals surface area contributed by atoms with Crippen molar-refractivity contribution in [3.8, 4) is 0 Å². The van der Waals surface area contributed by atoms with E-state index in [1.807, 2.05) is 26.0 Å². The van der Waals surface area contributed by atoms with Crippen LogP contribution >= 0.6 is 0 Å². The van der Waals surface area contributed by atoms with E-state index < -0.39 is 5.41 Å². The Labute approximate surface area is 107 Å². The van der Waals surface area contributed by atoms with Gasteiger partial charge in [-0.05, 0) is 31.5 Å². The molecular formula is C13H19N3O2. The molecule has 0 aliphatic carbocycles. The minimum absolute atomic E-state index is 0.0585. The molecule has 0 radical (unpaired) electrons. The van der Waals surface area contributed by atoms with Crippen molar-refractivity contribution in [3.63, 3.8) is 0 Å². The Morgan fingerprint density at radius 2 is 2.28 bits per heavy atom. The van der Waals surface area contributed by atoms with E-state index in [1.54, 1.807) is 12.4 Å². The van der Waals surface area contributed by atoms with E-state index in [1.165, 1.54) is 0 Å². The van der Waals surface area contributed by atoms with E-state index in [2.05, 4.69) is 10.3 Å². The van der Waals surface area contributed by atoms with Crippen LogP contribution in [0.1, 0.15) is 25.5 Å². The molecule has 2 heterocycles. The van der Waals surface area contributed by atoms with Crippen molar-refractivity contribution in [2.24, 2.45) is 11.1 Å². The molecule has 2 unspecified atom stereocenters. The van der Waals surface area contributed by atoms with Gasteiger partial charge in [-0.2, -0.15) is 0 Å². The predicted molar refractivity (Wildman–Crippen MR) is 67.7 cm³/mol. The van der Waals surface area contributed by atoms with Gasteiger partial charge in [-0.25, -0.2) is 0 Å². The van der Waals surface area contributed by atoms with Crippen LogP contribution in [-0.4, -0.2) is 30.1 Å². The molecule has 98 valence electrons. The second kappa shape index (κ2) is 5.04. The number of rotatable bonds is 3. The van der Waals surface area contributed by atoms with E-state index in [0.29, 0.717) is 13.2 Å². The van der Waals surface area contributed by atoms with E-state index in [-0.39, 0.29) is 18.0 Å². The summed E-state index contributed by atoms with van der Waals surface area (Å²) in [6.45, 7) is 4.60. The molecule has 1 amide bonds. The summed E-state index contributed by atoms with van der Waals surface area (Å²) in [5.74, 6) is -0.0585. The number of nitrogens with two attached hydrogens (primary N) is 1. The first-order valence-corrected chi connectivity index (χ1v) is 6.08. The summed E-state index contributed by atoms with van der Waals surface area (Å²) in [5, 5.41) is 2.98. The maximum Gasteiger partial charge on any atom is 0.230 e. The van der Waals surface area contributed by atoms with Gasteiger partial charge in [-0.15, -0.1) is 0 Å². The molecule has 0 aromatic carbocycles. The Bertz CT molecular complexity index is 424. The lowest BCUT2D eigenvalue weighted by Gasteiger charge is -2.27. The highest BCUT2D eigenvalue weighted by Gasteiger charge is 2.44. The minimum atomic E-state index is -0.638. The molecule has 3 atom stereocenters. The third-order valence-corrected chi connectivity index (χ3v) is 3.59. The zero-order valence-corrected chi connectivity index (χ0v) is 10.7. The van der Waals surface area contributed by atoms with Crippen molar-refractivity contribution in [1.82, 2.24) is 10.3 Å². The van der Waals surface area contributed by atoms with Crippen molar-refractivity contribution in [1.29, 1.82) is 0 Å². The second-order valence-electron chi connectivity index (χ2n) is 5.01. The summed E-state index contributed by atoms with van der Waals surface area (Å²) in [4.78, 5) is 16.2. The molecule has 0 saturated carbocycles. The van der Waals surface area contributed by atoms with Crippen LogP contribution in [0.25, 0.3) is 0 Å². The summed E-state index contributed by atoms with van der Waals surface area (Å²) in [7, 11) is 0. The highest BCUT2D eigenvalue weighted by molar-refractivity contribution is 5.84. The minimum Gasteiger partial charge on any atom is -0.379 e. The van der Waals surface area contributed by atoms with Gasteiger partial charge in [0.05, 0.1) is 24.7 Å². The Morgan fingerprint density at radius 1 is 1.61 bits per heavy atom. The summed E-state index contributed by atoms with van der Waals surface area (Å²) < 4.78 is 5.28. The molecule has 1 aromatic rings. The average Bonchev–Trinajstić information content (AvgIpc) is 2.72. The topological polar surface area (TPSA) is 77.2 Å². The Kier molecular flexibility index (Phi) is 3.63. The Morgan fingerprint density at radius 3 is 2.83 bits per heavy atom. The molecule has 1 saturated heterocycles. The fourth-order valence-electron chi connectivity index (χ4n) is 2.02. The lowest BCUT2D eigenvalue weighted by Crippen LogP contribution is -2.50. The second-order valence-corrected chi connectivity index (χ2v) is 5.01. The largest absolute Gasteiger partial charge is 0.379 e. The fraction of sp³-hybridized carbons (Fsp3) is 0.538. The van der Waals surface area contributed by atoms with Crippen LogP contribution in [-0.2, 0) is 9.53 Å². The fourth-order valence-corrected chi connectivity index (χ4v) is 2.02.